The first-order valence-corrected chi connectivity index (χ1v) is 7.86. The van der Waals surface area contributed by atoms with E-state index in [-0.39, 0.29) is 17.2 Å². The number of aliphatic hydroxyl groups is 1. The van der Waals surface area contributed by atoms with Gasteiger partial charge in [0.05, 0.1) is 16.8 Å². The van der Waals surface area contributed by atoms with Gasteiger partial charge in [-0.1, -0.05) is 24.6 Å². The van der Waals surface area contributed by atoms with Gasteiger partial charge in [0.25, 0.3) is 0 Å². The molecular weight excluding hydrogens is 274 g/mol. The van der Waals surface area contributed by atoms with Crippen molar-refractivity contribution in [3.05, 3.63) is 29.3 Å². The third kappa shape index (κ3) is 4.94. The second-order valence-corrected chi connectivity index (χ2v) is 6.57. The first-order valence-electron chi connectivity index (χ1n) is 5.83. The second kappa shape index (κ2) is 7.09. The predicted molar refractivity (Wildman–Crippen MR) is 72.7 cm³/mol. The molecule has 102 valence electrons. The van der Waals surface area contributed by atoms with Gasteiger partial charge in [0, 0.05) is 11.6 Å². The van der Waals surface area contributed by atoms with Crippen LogP contribution in [-0.4, -0.2) is 38.5 Å². The van der Waals surface area contributed by atoms with Crippen molar-refractivity contribution in [3.8, 4) is 0 Å². The lowest BCUT2D eigenvalue weighted by molar-refractivity contribution is 0.194. The molecule has 1 aromatic carbocycles. The van der Waals surface area contributed by atoms with E-state index in [1.807, 2.05) is 6.92 Å². The van der Waals surface area contributed by atoms with Crippen LogP contribution in [0.5, 0.6) is 0 Å². The molecule has 0 fully saturated rings. The Hall–Kier alpha value is -0.620. The molecule has 0 radical (unpaired) electrons. The molecule has 0 aromatic heterocycles. The fourth-order valence-electron chi connectivity index (χ4n) is 1.51. The van der Waals surface area contributed by atoms with Crippen LogP contribution in [-0.2, 0) is 9.84 Å². The Kier molecular flexibility index (Phi) is 6.08. The lowest BCUT2D eigenvalue weighted by Crippen LogP contribution is -2.32. The molecule has 0 bridgehead atoms. The Morgan fingerprint density at radius 3 is 2.78 bits per heavy atom. The maximum absolute atomic E-state index is 12.0. The Labute approximate surface area is 113 Å². The minimum absolute atomic E-state index is 0.143. The molecule has 1 rings (SSSR count). The van der Waals surface area contributed by atoms with Crippen molar-refractivity contribution in [2.45, 2.75) is 24.3 Å². The first kappa shape index (κ1) is 15.4. The summed E-state index contributed by atoms with van der Waals surface area (Å²) in [5.74, 6) is -0.302. The van der Waals surface area contributed by atoms with Gasteiger partial charge in [0.1, 0.15) is 0 Å². The number of hydrogen-bond acceptors (Lipinski definition) is 4. The Morgan fingerprint density at radius 2 is 2.17 bits per heavy atom. The van der Waals surface area contributed by atoms with Crippen LogP contribution in [0.1, 0.15) is 13.3 Å². The highest BCUT2D eigenvalue weighted by Crippen LogP contribution is 2.17. The molecule has 4 nitrogen and oxygen atoms in total. The highest BCUT2D eigenvalue weighted by atomic mass is 35.5. The van der Waals surface area contributed by atoms with Crippen LogP contribution in [0, 0.1) is 0 Å². The summed E-state index contributed by atoms with van der Waals surface area (Å²) in [4.78, 5) is 0.143. The highest BCUT2D eigenvalue weighted by Gasteiger charge is 2.19. The van der Waals surface area contributed by atoms with E-state index in [1.165, 1.54) is 12.1 Å². The molecule has 0 saturated carbocycles. The van der Waals surface area contributed by atoms with E-state index in [0.717, 1.165) is 13.0 Å². The van der Waals surface area contributed by atoms with Gasteiger partial charge in [-0.2, -0.15) is 0 Å². The number of benzene rings is 1. The largest absolute Gasteiger partial charge is 0.391 e. The van der Waals surface area contributed by atoms with Crippen LogP contribution >= 0.6 is 11.6 Å². The quantitative estimate of drug-likeness (QED) is 0.747. The molecule has 1 unspecified atom stereocenters. The van der Waals surface area contributed by atoms with Crippen molar-refractivity contribution in [2.75, 3.05) is 18.8 Å². The van der Waals surface area contributed by atoms with Crippen LogP contribution in [0.2, 0.25) is 5.02 Å². The monoisotopic (exact) mass is 291 g/mol. The number of halogens is 1. The number of rotatable bonds is 7. The van der Waals surface area contributed by atoms with Crippen LogP contribution in [0.4, 0.5) is 0 Å². The van der Waals surface area contributed by atoms with E-state index in [9.17, 15) is 13.5 Å². The van der Waals surface area contributed by atoms with E-state index < -0.39 is 15.9 Å². The van der Waals surface area contributed by atoms with Crippen LogP contribution in [0.15, 0.2) is 29.2 Å². The SMILES string of the molecule is CCCNCC(O)CS(=O)(=O)c1cccc(Cl)c1. The van der Waals surface area contributed by atoms with Crippen LogP contribution in [0.25, 0.3) is 0 Å². The van der Waals surface area contributed by atoms with E-state index in [0.29, 0.717) is 5.02 Å². The molecule has 0 aliphatic rings. The van der Waals surface area contributed by atoms with Crippen LogP contribution < -0.4 is 5.32 Å². The number of sulfone groups is 1. The van der Waals surface area contributed by atoms with Crippen molar-refractivity contribution in [2.24, 2.45) is 0 Å². The molecule has 6 heteroatoms. The molecule has 0 aliphatic carbocycles. The summed E-state index contributed by atoms with van der Waals surface area (Å²) < 4.78 is 24.0. The zero-order valence-electron chi connectivity index (χ0n) is 10.3. The molecule has 1 aromatic rings. The molecule has 1 atom stereocenters. The molecule has 0 amide bonds. The van der Waals surface area contributed by atoms with E-state index in [1.54, 1.807) is 12.1 Å². The maximum Gasteiger partial charge on any atom is 0.181 e. The lowest BCUT2D eigenvalue weighted by Gasteiger charge is -2.12. The molecule has 0 aliphatic heterocycles. The molecule has 0 spiro atoms. The van der Waals surface area contributed by atoms with Gasteiger partial charge >= 0.3 is 0 Å². The Morgan fingerprint density at radius 1 is 1.44 bits per heavy atom. The second-order valence-electron chi connectivity index (χ2n) is 4.10. The maximum atomic E-state index is 12.0. The van der Waals surface area contributed by atoms with Gasteiger partial charge in [-0.15, -0.1) is 0 Å². The fraction of sp³-hybridized carbons (Fsp3) is 0.500. The zero-order valence-corrected chi connectivity index (χ0v) is 11.8. The van der Waals surface area contributed by atoms with Gasteiger partial charge < -0.3 is 10.4 Å². The molecular formula is C12H18ClNO3S. The fourth-order valence-corrected chi connectivity index (χ4v) is 3.18. The van der Waals surface area contributed by atoms with Crippen LogP contribution in [0.3, 0.4) is 0 Å². The van der Waals surface area contributed by atoms with Crippen molar-refractivity contribution in [1.82, 2.24) is 5.32 Å². The van der Waals surface area contributed by atoms with Crippen molar-refractivity contribution in [1.29, 1.82) is 0 Å². The van der Waals surface area contributed by atoms with Gasteiger partial charge in [-0.25, -0.2) is 8.42 Å². The van der Waals surface area contributed by atoms with Crippen molar-refractivity contribution in [3.63, 3.8) is 0 Å². The smallest absolute Gasteiger partial charge is 0.181 e. The van der Waals surface area contributed by atoms with E-state index in [4.69, 9.17) is 11.6 Å². The predicted octanol–water partition coefficient (Wildman–Crippen LogP) is 1.47. The summed E-state index contributed by atoms with van der Waals surface area (Å²) in [5.41, 5.74) is 0. The van der Waals surface area contributed by atoms with Gasteiger partial charge in [0.2, 0.25) is 0 Å². The van der Waals surface area contributed by atoms with Gasteiger partial charge in [-0.05, 0) is 31.2 Å². The zero-order chi connectivity index (χ0) is 13.6. The van der Waals surface area contributed by atoms with Gasteiger partial charge in [0.15, 0.2) is 9.84 Å². The summed E-state index contributed by atoms with van der Waals surface area (Å²) in [6.45, 7) is 3.03. The third-order valence-corrected chi connectivity index (χ3v) is 4.40. The number of nitrogens with one attached hydrogen (secondary N) is 1. The Bertz CT molecular complexity index is 476. The van der Waals surface area contributed by atoms with E-state index in [2.05, 4.69) is 5.32 Å². The molecule has 2 N–H and O–H groups in total. The Balaban J connectivity index is 2.64. The summed E-state index contributed by atoms with van der Waals surface area (Å²) in [7, 11) is -3.49. The summed E-state index contributed by atoms with van der Waals surface area (Å²) in [5, 5.41) is 13.0. The highest BCUT2D eigenvalue weighted by molar-refractivity contribution is 7.91. The first-order chi connectivity index (χ1) is 8.45. The summed E-state index contributed by atoms with van der Waals surface area (Å²) in [6, 6.07) is 6.06. The summed E-state index contributed by atoms with van der Waals surface area (Å²) >= 11 is 5.75. The van der Waals surface area contributed by atoms with Crippen molar-refractivity contribution < 1.29 is 13.5 Å². The number of aliphatic hydroxyl groups excluding tert-OH is 1. The normalized spacial score (nSPS) is 13.5. The molecule has 0 heterocycles. The van der Waals surface area contributed by atoms with E-state index >= 15 is 0 Å². The molecule has 0 saturated heterocycles. The average molecular weight is 292 g/mol. The minimum Gasteiger partial charge on any atom is -0.391 e. The molecule has 18 heavy (non-hydrogen) atoms. The van der Waals surface area contributed by atoms with Crippen molar-refractivity contribution >= 4 is 21.4 Å². The number of hydrogen-bond donors (Lipinski definition) is 2. The summed E-state index contributed by atoms with van der Waals surface area (Å²) in [6.07, 6.45) is 0.0221. The minimum atomic E-state index is -3.49. The average Bonchev–Trinajstić information content (AvgIpc) is 2.28. The standard InChI is InChI=1S/C12H18ClNO3S/c1-2-6-14-8-11(15)9-18(16,17)12-5-3-4-10(13)7-12/h3-5,7,11,14-15H,2,6,8-9H2,1H3. The van der Waals surface area contributed by atoms with Gasteiger partial charge in [-0.3, -0.25) is 0 Å². The topological polar surface area (TPSA) is 66.4 Å². The third-order valence-electron chi connectivity index (χ3n) is 2.37. The lowest BCUT2D eigenvalue weighted by atomic mass is 10.4.